The summed E-state index contributed by atoms with van der Waals surface area (Å²) in [7, 11) is -3.77. The number of nitrogens with zero attached hydrogens (tertiary/aromatic N) is 1. The van der Waals surface area contributed by atoms with Gasteiger partial charge in [0.25, 0.3) is 5.91 Å². The maximum atomic E-state index is 13.4. The highest BCUT2D eigenvalue weighted by molar-refractivity contribution is 7.91. The van der Waals surface area contributed by atoms with Gasteiger partial charge in [0.1, 0.15) is 12.5 Å². The molecule has 3 rings (SSSR count). The van der Waals surface area contributed by atoms with E-state index in [0.29, 0.717) is 29.8 Å². The van der Waals surface area contributed by atoms with Crippen molar-refractivity contribution in [3.63, 3.8) is 0 Å². The summed E-state index contributed by atoms with van der Waals surface area (Å²) in [4.78, 5) is 25.3. The number of amides is 2. The van der Waals surface area contributed by atoms with Crippen molar-refractivity contribution < 1.29 is 22.6 Å². The highest BCUT2D eigenvalue weighted by atomic mass is 35.5. The van der Waals surface area contributed by atoms with Crippen LogP contribution >= 0.6 is 11.6 Å². The summed E-state index contributed by atoms with van der Waals surface area (Å²) in [5.41, 5.74) is 4.16. The summed E-state index contributed by atoms with van der Waals surface area (Å²) in [5, 5.41) is -0.548. The van der Waals surface area contributed by atoms with Crippen LogP contribution in [0.3, 0.4) is 0 Å². The van der Waals surface area contributed by atoms with Crippen molar-refractivity contribution in [2.24, 2.45) is 0 Å². The van der Waals surface area contributed by atoms with E-state index in [2.05, 4.69) is 11.3 Å². The van der Waals surface area contributed by atoms with E-state index in [1.807, 2.05) is 12.1 Å². The Morgan fingerprint density at radius 1 is 1.22 bits per heavy atom. The van der Waals surface area contributed by atoms with Gasteiger partial charge in [-0.3, -0.25) is 4.79 Å². The summed E-state index contributed by atoms with van der Waals surface area (Å²) in [6.07, 6.45) is 6.38. The minimum atomic E-state index is -3.77. The first-order chi connectivity index (χ1) is 15.2. The number of hydrogen-bond donors (Lipinski definition) is 1. The third kappa shape index (κ3) is 5.04. The summed E-state index contributed by atoms with van der Waals surface area (Å²) in [6, 6.07) is 15.4. The lowest BCUT2D eigenvalue weighted by atomic mass is 9.95. The van der Waals surface area contributed by atoms with Gasteiger partial charge in [0.15, 0.2) is 0 Å². The number of terminal acetylenes is 1. The first kappa shape index (κ1) is 24.0. The molecule has 0 aliphatic carbocycles. The third-order valence-corrected chi connectivity index (χ3v) is 8.04. The van der Waals surface area contributed by atoms with E-state index < -0.39 is 31.8 Å². The molecular formula is C24H26ClN2O4S+. The predicted octanol–water partition coefficient (Wildman–Crippen LogP) is 3.40. The molecule has 2 amide bonds. The van der Waals surface area contributed by atoms with Gasteiger partial charge < -0.3 is 0 Å². The first-order valence-electron chi connectivity index (χ1n) is 10.3. The van der Waals surface area contributed by atoms with Crippen molar-refractivity contribution in [3.05, 3.63) is 70.7 Å². The van der Waals surface area contributed by atoms with E-state index in [0.717, 1.165) is 5.56 Å². The van der Waals surface area contributed by atoms with Crippen LogP contribution in [0, 0.1) is 12.3 Å². The average molecular weight is 474 g/mol. The highest BCUT2D eigenvalue weighted by Crippen LogP contribution is 2.39. The second-order valence-electron chi connectivity index (χ2n) is 8.02. The molecule has 2 aromatic rings. The number of halogens is 1. The van der Waals surface area contributed by atoms with Crippen molar-refractivity contribution in [2.75, 3.05) is 0 Å². The molecule has 3 atom stereocenters. The lowest BCUT2D eigenvalue weighted by Gasteiger charge is -2.51. The molecule has 1 N–H and O–H groups in total. The molecule has 0 saturated carbocycles. The van der Waals surface area contributed by atoms with Crippen LogP contribution in [0.1, 0.15) is 37.3 Å². The van der Waals surface area contributed by atoms with Crippen molar-refractivity contribution in [3.8, 4) is 12.3 Å². The first-order valence-corrected chi connectivity index (χ1v) is 12.4. The number of likely N-dealkylation sites (tertiary alicyclic amines) is 1. The van der Waals surface area contributed by atoms with Crippen molar-refractivity contribution >= 4 is 33.3 Å². The number of carbonyl (C=O) groups is 2. The van der Waals surface area contributed by atoms with Crippen LogP contribution < -0.4 is 5.43 Å². The Morgan fingerprint density at radius 3 is 2.50 bits per heavy atom. The normalized spacial score (nSPS) is 21.3. The fraction of sp³-hybridized carbons (Fsp3) is 0.333. The van der Waals surface area contributed by atoms with E-state index in [1.54, 1.807) is 42.5 Å². The molecule has 1 aliphatic heterocycles. The van der Waals surface area contributed by atoms with Gasteiger partial charge in [0, 0.05) is 31.2 Å². The quantitative estimate of drug-likeness (QED) is 0.344. The molecule has 0 spiro atoms. The van der Waals surface area contributed by atoms with Crippen LogP contribution in [0.25, 0.3) is 0 Å². The molecule has 6 nitrogen and oxygen atoms in total. The van der Waals surface area contributed by atoms with Crippen LogP contribution in [0.15, 0.2) is 54.6 Å². The summed E-state index contributed by atoms with van der Waals surface area (Å²) < 4.78 is 26.2. The topological polar surface area (TPSA) is 80.3 Å². The van der Waals surface area contributed by atoms with Gasteiger partial charge in [-0.25, -0.2) is 13.2 Å². The van der Waals surface area contributed by atoms with Gasteiger partial charge in [-0.2, -0.15) is 5.43 Å². The maximum absolute atomic E-state index is 13.4. The van der Waals surface area contributed by atoms with Crippen LogP contribution in [-0.4, -0.2) is 36.2 Å². The standard InChI is InChI=1S/C24H25ClN2O4S/c1-3-4-13-22(15-20-11-8-12-21(25)14-20)27(26-18(2)28)23(29)16-24(27)32(30,31)17-19-9-6-5-7-10-19/h1,5-12,14,22,24H,4,13,15-17H2,2H3/p+1. The number of sulfone groups is 1. The second-order valence-corrected chi connectivity index (χ2v) is 10.6. The zero-order valence-corrected chi connectivity index (χ0v) is 19.4. The zero-order chi connectivity index (χ0) is 23.4. The van der Waals surface area contributed by atoms with Crippen LogP contribution in [0.2, 0.25) is 5.02 Å². The Bertz CT molecular complexity index is 1140. The maximum Gasteiger partial charge on any atom is 0.346 e. The molecule has 8 heteroatoms. The Kier molecular flexibility index (Phi) is 7.40. The zero-order valence-electron chi connectivity index (χ0n) is 17.8. The van der Waals surface area contributed by atoms with Gasteiger partial charge in [-0.15, -0.1) is 16.9 Å². The van der Waals surface area contributed by atoms with E-state index in [-0.39, 0.29) is 18.1 Å². The van der Waals surface area contributed by atoms with E-state index >= 15 is 0 Å². The molecule has 1 heterocycles. The largest absolute Gasteiger partial charge is 0.346 e. The predicted molar refractivity (Wildman–Crippen MR) is 124 cm³/mol. The molecule has 0 radical (unpaired) electrons. The number of hydrogen-bond acceptors (Lipinski definition) is 4. The highest BCUT2D eigenvalue weighted by Gasteiger charge is 2.66. The van der Waals surface area contributed by atoms with Gasteiger partial charge in [-0.1, -0.05) is 54.1 Å². The van der Waals surface area contributed by atoms with E-state index in [1.165, 1.54) is 6.92 Å². The third-order valence-electron chi connectivity index (χ3n) is 5.74. The molecule has 3 unspecified atom stereocenters. The fourth-order valence-electron chi connectivity index (χ4n) is 4.34. The Balaban J connectivity index is 2.03. The molecule has 0 aromatic heterocycles. The monoisotopic (exact) mass is 473 g/mol. The Hall–Kier alpha value is -2.66. The smallest absolute Gasteiger partial charge is 0.270 e. The molecule has 2 aromatic carbocycles. The Morgan fingerprint density at radius 2 is 1.91 bits per heavy atom. The minimum Gasteiger partial charge on any atom is -0.270 e. The summed E-state index contributed by atoms with van der Waals surface area (Å²) in [6.45, 7) is 1.28. The number of carbonyl (C=O) groups excluding carboxylic acids is 2. The number of benzene rings is 2. The second kappa shape index (κ2) is 9.86. The van der Waals surface area contributed by atoms with Crippen molar-refractivity contribution in [1.82, 2.24) is 5.43 Å². The summed E-state index contributed by atoms with van der Waals surface area (Å²) >= 11 is 6.13. The molecule has 1 fully saturated rings. The van der Waals surface area contributed by atoms with E-state index in [4.69, 9.17) is 18.0 Å². The van der Waals surface area contributed by atoms with Crippen LogP contribution in [-0.2, 0) is 31.6 Å². The number of nitrogens with one attached hydrogen (secondary N) is 1. The lowest BCUT2D eigenvalue weighted by Crippen LogP contribution is -2.81. The van der Waals surface area contributed by atoms with E-state index in [9.17, 15) is 18.0 Å². The number of β-lactam (4-membered cyclic amide) rings is 1. The molecular weight excluding hydrogens is 448 g/mol. The molecule has 1 saturated heterocycles. The van der Waals surface area contributed by atoms with Crippen molar-refractivity contribution in [1.29, 1.82) is 0 Å². The molecule has 32 heavy (non-hydrogen) atoms. The van der Waals surface area contributed by atoms with Gasteiger partial charge >= 0.3 is 5.91 Å². The fourth-order valence-corrected chi connectivity index (χ4v) is 6.64. The van der Waals surface area contributed by atoms with Crippen LogP contribution in [0.5, 0.6) is 0 Å². The van der Waals surface area contributed by atoms with Gasteiger partial charge in [-0.05, 0) is 23.3 Å². The summed E-state index contributed by atoms with van der Waals surface area (Å²) in [5.74, 6) is 1.53. The number of rotatable bonds is 9. The van der Waals surface area contributed by atoms with Gasteiger partial charge in [0.05, 0.1) is 5.75 Å². The SMILES string of the molecule is C#CCCC(Cc1cccc(Cl)c1)[N+]1(NC(C)=O)C(=O)CC1S(=O)(=O)Cc1ccccc1. The van der Waals surface area contributed by atoms with Crippen molar-refractivity contribution in [2.45, 2.75) is 49.8 Å². The Labute approximate surface area is 194 Å². The lowest BCUT2D eigenvalue weighted by molar-refractivity contribution is -0.947. The van der Waals surface area contributed by atoms with Crippen LogP contribution in [0.4, 0.5) is 0 Å². The van der Waals surface area contributed by atoms with Gasteiger partial charge in [0.2, 0.25) is 15.2 Å². The molecule has 168 valence electrons. The molecule has 0 bridgehead atoms. The molecule has 1 aliphatic rings. The minimum absolute atomic E-state index is 0.155. The average Bonchev–Trinajstić information content (AvgIpc) is 2.73. The number of quaternary nitrogens is 1.